The molecule has 2 N–H and O–H groups in total. The molecule has 0 spiro atoms. The van der Waals surface area contributed by atoms with Crippen LogP contribution in [-0.4, -0.2) is 50.6 Å². The van der Waals surface area contributed by atoms with Crippen LogP contribution in [0.4, 0.5) is 4.79 Å². The number of nitrogens with one attached hydrogen (secondary N) is 2. The summed E-state index contributed by atoms with van der Waals surface area (Å²) in [6.07, 6.45) is 0.585. The largest absolute Gasteiger partial charge is 0.463 e. The van der Waals surface area contributed by atoms with Gasteiger partial charge >= 0.3 is 12.0 Å². The van der Waals surface area contributed by atoms with Crippen molar-refractivity contribution in [2.45, 2.75) is 38.0 Å². The number of urea groups is 1. The predicted molar refractivity (Wildman–Crippen MR) is 103 cm³/mol. The Balaban J connectivity index is 1.78. The molecule has 2 amide bonds. The van der Waals surface area contributed by atoms with Crippen molar-refractivity contribution >= 4 is 23.8 Å². The van der Waals surface area contributed by atoms with E-state index in [4.69, 9.17) is 4.74 Å². The Labute approximate surface area is 166 Å². The summed E-state index contributed by atoms with van der Waals surface area (Å²) in [6.45, 7) is 4.45. The van der Waals surface area contributed by atoms with E-state index in [1.165, 1.54) is 11.8 Å². The van der Waals surface area contributed by atoms with Crippen LogP contribution in [0.2, 0.25) is 0 Å². The second-order valence-electron chi connectivity index (χ2n) is 6.07. The molecule has 2 aromatic rings. The van der Waals surface area contributed by atoms with Gasteiger partial charge in [-0.3, -0.25) is 0 Å². The van der Waals surface area contributed by atoms with Crippen LogP contribution in [0.3, 0.4) is 0 Å². The Hall–Kier alpha value is -2.88. The summed E-state index contributed by atoms with van der Waals surface area (Å²) in [6, 6.07) is 9.14. The quantitative estimate of drug-likeness (QED) is 0.511. The molecule has 1 aliphatic heterocycles. The van der Waals surface area contributed by atoms with Gasteiger partial charge in [0.05, 0.1) is 24.8 Å². The Bertz CT molecular complexity index is 867. The van der Waals surface area contributed by atoms with Crippen LogP contribution in [-0.2, 0) is 16.1 Å². The number of nitrogens with zero attached hydrogens (tertiary/aromatic N) is 4. The molecule has 1 aromatic heterocycles. The van der Waals surface area contributed by atoms with Crippen LogP contribution < -0.4 is 10.6 Å². The Morgan fingerprint density at radius 3 is 2.79 bits per heavy atom. The molecule has 9 nitrogen and oxygen atoms in total. The summed E-state index contributed by atoms with van der Waals surface area (Å²) in [4.78, 5) is 24.4. The fourth-order valence-corrected chi connectivity index (χ4v) is 3.71. The minimum Gasteiger partial charge on any atom is -0.463 e. The zero-order chi connectivity index (χ0) is 19.9. The standard InChI is InChI=1S/C18H22N6O3S/c1-3-13-15(16(25)27-4-2)14(20-17(26)19-13)11-28-18-21-22-23-24(18)10-12-8-6-5-7-9-12/h5-9,13H,3-4,10-11H2,1-2H3,(H2,19,20,26). The molecule has 0 saturated carbocycles. The number of carbonyl (C=O) groups excluding carboxylic acids is 2. The van der Waals surface area contributed by atoms with E-state index >= 15 is 0 Å². The Morgan fingerprint density at radius 2 is 2.07 bits per heavy atom. The third-order valence-electron chi connectivity index (χ3n) is 4.17. The van der Waals surface area contributed by atoms with E-state index in [1.54, 1.807) is 11.6 Å². The maximum atomic E-state index is 12.4. The molecule has 0 saturated heterocycles. The summed E-state index contributed by atoms with van der Waals surface area (Å²) in [5, 5.41) is 17.9. The summed E-state index contributed by atoms with van der Waals surface area (Å²) < 4.78 is 6.86. The Morgan fingerprint density at radius 1 is 1.29 bits per heavy atom. The lowest BCUT2D eigenvalue weighted by Crippen LogP contribution is -2.50. The van der Waals surface area contributed by atoms with Crippen molar-refractivity contribution in [3.05, 3.63) is 47.2 Å². The third kappa shape index (κ3) is 4.69. The van der Waals surface area contributed by atoms with Crippen LogP contribution >= 0.6 is 11.8 Å². The lowest BCUT2D eigenvalue weighted by atomic mass is 10.0. The lowest BCUT2D eigenvalue weighted by Gasteiger charge is -2.28. The summed E-state index contributed by atoms with van der Waals surface area (Å²) in [5.41, 5.74) is 2.04. The minimum atomic E-state index is -0.429. The number of thioether (sulfide) groups is 1. The molecule has 10 heteroatoms. The first kappa shape index (κ1) is 19.9. The summed E-state index contributed by atoms with van der Waals surface area (Å²) in [5.74, 6) is -0.0888. The van der Waals surface area contributed by atoms with Crippen molar-refractivity contribution < 1.29 is 14.3 Å². The van der Waals surface area contributed by atoms with Crippen LogP contribution in [0, 0.1) is 0 Å². The van der Waals surface area contributed by atoms with Gasteiger partial charge in [0, 0.05) is 11.4 Å². The molecule has 0 radical (unpaired) electrons. The molecular formula is C18H22N6O3S. The maximum Gasteiger partial charge on any atom is 0.337 e. The molecule has 1 unspecified atom stereocenters. The van der Waals surface area contributed by atoms with Crippen LogP contribution in [0.1, 0.15) is 25.8 Å². The van der Waals surface area contributed by atoms with E-state index in [-0.39, 0.29) is 18.7 Å². The number of benzene rings is 1. The fraction of sp³-hybridized carbons (Fsp3) is 0.389. The van der Waals surface area contributed by atoms with E-state index in [0.717, 1.165) is 5.56 Å². The SMILES string of the molecule is CCOC(=O)C1=C(CSc2nnnn2Cc2ccccc2)NC(=O)NC1CC. The van der Waals surface area contributed by atoms with Gasteiger partial charge in [-0.2, -0.15) is 0 Å². The number of aromatic nitrogens is 4. The monoisotopic (exact) mass is 402 g/mol. The number of ether oxygens (including phenoxy) is 1. The van der Waals surface area contributed by atoms with E-state index in [2.05, 4.69) is 26.2 Å². The average molecular weight is 402 g/mol. The summed E-state index contributed by atoms with van der Waals surface area (Å²) >= 11 is 1.35. The highest BCUT2D eigenvalue weighted by molar-refractivity contribution is 7.99. The molecule has 148 valence electrons. The highest BCUT2D eigenvalue weighted by atomic mass is 32.2. The lowest BCUT2D eigenvalue weighted by molar-refractivity contribution is -0.139. The number of hydrogen-bond acceptors (Lipinski definition) is 7. The second kappa shape index (κ2) is 9.36. The van der Waals surface area contributed by atoms with Gasteiger partial charge in [-0.15, -0.1) is 5.10 Å². The van der Waals surface area contributed by atoms with Crippen molar-refractivity contribution in [2.24, 2.45) is 0 Å². The van der Waals surface area contributed by atoms with Gasteiger partial charge in [0.25, 0.3) is 0 Å². The van der Waals surface area contributed by atoms with Gasteiger partial charge in [-0.25, -0.2) is 14.3 Å². The Kier molecular flexibility index (Phi) is 6.64. The minimum absolute atomic E-state index is 0.266. The van der Waals surface area contributed by atoms with Gasteiger partial charge in [0.1, 0.15) is 0 Å². The zero-order valence-corrected chi connectivity index (χ0v) is 16.5. The van der Waals surface area contributed by atoms with Gasteiger partial charge < -0.3 is 15.4 Å². The first-order valence-electron chi connectivity index (χ1n) is 9.02. The van der Waals surface area contributed by atoms with Gasteiger partial charge in [-0.1, -0.05) is 49.0 Å². The van der Waals surface area contributed by atoms with Gasteiger partial charge in [0.15, 0.2) is 0 Å². The second-order valence-corrected chi connectivity index (χ2v) is 7.01. The smallest absolute Gasteiger partial charge is 0.337 e. The van der Waals surface area contributed by atoms with Crippen LogP contribution in [0.15, 0.2) is 46.8 Å². The average Bonchev–Trinajstić information content (AvgIpc) is 3.13. The molecule has 0 fully saturated rings. The van der Waals surface area contributed by atoms with E-state index < -0.39 is 5.97 Å². The highest BCUT2D eigenvalue weighted by Crippen LogP contribution is 2.23. The summed E-state index contributed by atoms with van der Waals surface area (Å²) in [7, 11) is 0. The van der Waals surface area contributed by atoms with E-state index in [1.807, 2.05) is 37.3 Å². The number of hydrogen-bond donors (Lipinski definition) is 2. The number of esters is 1. The third-order valence-corrected chi connectivity index (χ3v) is 5.15. The predicted octanol–water partition coefficient (Wildman–Crippen LogP) is 1.72. The normalized spacial score (nSPS) is 16.5. The number of tetrazole rings is 1. The van der Waals surface area contributed by atoms with Crippen molar-refractivity contribution in [1.29, 1.82) is 0 Å². The first-order chi connectivity index (χ1) is 13.6. The molecule has 3 rings (SSSR count). The molecule has 1 atom stereocenters. The molecule has 1 aliphatic rings. The van der Waals surface area contributed by atoms with Crippen molar-refractivity contribution in [2.75, 3.05) is 12.4 Å². The van der Waals surface area contributed by atoms with Crippen LogP contribution in [0.5, 0.6) is 0 Å². The molecule has 28 heavy (non-hydrogen) atoms. The number of amides is 2. The molecule has 1 aromatic carbocycles. The molecule has 0 aliphatic carbocycles. The fourth-order valence-electron chi connectivity index (χ4n) is 2.87. The van der Waals surface area contributed by atoms with Crippen molar-refractivity contribution in [3.63, 3.8) is 0 Å². The first-order valence-corrected chi connectivity index (χ1v) is 10.0. The van der Waals surface area contributed by atoms with Crippen molar-refractivity contribution in [1.82, 2.24) is 30.8 Å². The molecule has 2 heterocycles. The van der Waals surface area contributed by atoms with E-state index in [0.29, 0.717) is 35.1 Å². The van der Waals surface area contributed by atoms with Gasteiger partial charge in [0.2, 0.25) is 5.16 Å². The molecule has 0 bridgehead atoms. The number of rotatable bonds is 8. The zero-order valence-electron chi connectivity index (χ0n) is 15.7. The van der Waals surface area contributed by atoms with Crippen LogP contribution in [0.25, 0.3) is 0 Å². The highest BCUT2D eigenvalue weighted by Gasteiger charge is 2.31. The van der Waals surface area contributed by atoms with Crippen molar-refractivity contribution in [3.8, 4) is 0 Å². The van der Waals surface area contributed by atoms with E-state index in [9.17, 15) is 9.59 Å². The number of carbonyl (C=O) groups is 2. The van der Waals surface area contributed by atoms with Gasteiger partial charge in [-0.05, 0) is 29.3 Å². The maximum absolute atomic E-state index is 12.4. The molecular weight excluding hydrogens is 380 g/mol. The topological polar surface area (TPSA) is 111 Å².